The molecule has 0 unspecified atom stereocenters. The summed E-state index contributed by atoms with van der Waals surface area (Å²) in [5.74, 6) is 0. The minimum absolute atomic E-state index is 0. The summed E-state index contributed by atoms with van der Waals surface area (Å²) in [6, 6.07) is 10.4. The van der Waals surface area contributed by atoms with Crippen LogP contribution in [0.2, 0.25) is 0 Å². The molecule has 0 bridgehead atoms. The molecule has 2 rings (SSSR count). The van der Waals surface area contributed by atoms with Gasteiger partial charge < -0.3 is 24.0 Å². The maximum atomic E-state index is 5.72. The first-order valence-corrected chi connectivity index (χ1v) is 6.25. The molecule has 0 fully saturated rings. The molecule has 68 valence electrons. The van der Waals surface area contributed by atoms with Crippen LogP contribution in [0.1, 0.15) is 0 Å². The van der Waals surface area contributed by atoms with Crippen LogP contribution in [-0.4, -0.2) is 14.5 Å². The van der Waals surface area contributed by atoms with E-state index in [1.807, 2.05) is 6.07 Å². The summed E-state index contributed by atoms with van der Waals surface area (Å²) in [5.41, 5.74) is 1.28. The molecular formula is C9H8INSSe. The topological polar surface area (TPSA) is 25.6 Å². The number of benzene rings is 1. The normalized spacial score (nSPS) is 9.23. The second kappa shape index (κ2) is 5.10. The number of rotatable bonds is 1. The molecule has 0 aliphatic heterocycles. The van der Waals surface area contributed by atoms with E-state index in [2.05, 4.69) is 29.2 Å². The quantitative estimate of drug-likeness (QED) is 0.414. The third-order valence-corrected chi connectivity index (χ3v) is 4.92. The Kier molecular flexibility index (Phi) is 4.38. The van der Waals surface area contributed by atoms with Crippen molar-refractivity contribution in [3.05, 3.63) is 38.8 Å². The van der Waals surface area contributed by atoms with Gasteiger partial charge in [0, 0.05) is 0 Å². The zero-order valence-electron chi connectivity index (χ0n) is 6.74. The average molecular weight is 368 g/mol. The molecule has 0 aliphatic rings. The van der Waals surface area contributed by atoms with Crippen molar-refractivity contribution in [1.82, 2.24) is 0 Å². The third-order valence-electron chi connectivity index (χ3n) is 1.55. The Bertz CT molecular complexity index is 420. The number of hydrogen-bond donors (Lipinski definition) is 1. The molecule has 0 spiro atoms. The van der Waals surface area contributed by atoms with E-state index >= 15 is 0 Å². The van der Waals surface area contributed by atoms with Crippen LogP contribution >= 0.6 is 11.3 Å². The SMILES string of the molecule is [I-].[NH2+]=c1sc(-c2ccccc2)c[se]1. The fourth-order valence-corrected chi connectivity index (χ4v) is 3.99. The van der Waals surface area contributed by atoms with Crippen LogP contribution in [-0.2, 0) is 0 Å². The van der Waals surface area contributed by atoms with Crippen LogP contribution in [0.5, 0.6) is 0 Å². The van der Waals surface area contributed by atoms with Gasteiger partial charge in [0.25, 0.3) is 0 Å². The van der Waals surface area contributed by atoms with Gasteiger partial charge in [-0.05, 0) is 0 Å². The molecule has 2 N–H and O–H groups in total. The van der Waals surface area contributed by atoms with Crippen LogP contribution in [0.4, 0.5) is 0 Å². The first-order valence-electron chi connectivity index (χ1n) is 3.59. The summed E-state index contributed by atoms with van der Waals surface area (Å²) >= 11 is 2.10. The molecule has 0 saturated carbocycles. The van der Waals surface area contributed by atoms with Crippen LogP contribution in [0.15, 0.2) is 35.3 Å². The van der Waals surface area contributed by atoms with Crippen molar-refractivity contribution in [2.75, 3.05) is 0 Å². The zero-order valence-corrected chi connectivity index (χ0v) is 11.4. The first-order chi connectivity index (χ1) is 5.86. The Balaban J connectivity index is 0.000000845. The predicted octanol–water partition coefficient (Wildman–Crippen LogP) is -2.86. The van der Waals surface area contributed by atoms with E-state index in [0.717, 1.165) is 3.54 Å². The molecule has 13 heavy (non-hydrogen) atoms. The van der Waals surface area contributed by atoms with Crippen molar-refractivity contribution in [2.45, 2.75) is 0 Å². The summed E-state index contributed by atoms with van der Waals surface area (Å²) < 4.78 is 1.06. The molecule has 0 radical (unpaired) electrons. The van der Waals surface area contributed by atoms with Gasteiger partial charge in [0.05, 0.1) is 0 Å². The van der Waals surface area contributed by atoms with Gasteiger partial charge in [-0.15, -0.1) is 0 Å². The molecular weight excluding hydrogens is 360 g/mol. The molecule has 4 heteroatoms. The first kappa shape index (κ1) is 11.2. The van der Waals surface area contributed by atoms with Gasteiger partial charge in [-0.25, -0.2) is 0 Å². The molecule has 2 aromatic rings. The standard InChI is InChI=1S/C9H7NSSe.HI/c10-9-11-8(6-12-9)7-4-2-1-3-5-7;/h1-6,10H;1H. The molecule has 0 aliphatic carbocycles. The van der Waals surface area contributed by atoms with Gasteiger partial charge in [0.2, 0.25) is 0 Å². The van der Waals surface area contributed by atoms with E-state index in [1.165, 1.54) is 10.4 Å². The second-order valence-corrected chi connectivity index (χ2v) is 5.97. The van der Waals surface area contributed by atoms with Crippen molar-refractivity contribution < 1.29 is 29.4 Å². The fraction of sp³-hybridized carbons (Fsp3) is 0. The summed E-state index contributed by atoms with van der Waals surface area (Å²) in [6.07, 6.45) is 0. The Morgan fingerprint density at radius 1 is 1.15 bits per heavy atom. The van der Waals surface area contributed by atoms with Gasteiger partial charge in [-0.2, -0.15) is 0 Å². The summed E-state index contributed by atoms with van der Waals surface area (Å²) in [4.78, 5) is 3.55. The monoisotopic (exact) mass is 369 g/mol. The van der Waals surface area contributed by atoms with Gasteiger partial charge in [-0.1, -0.05) is 0 Å². The van der Waals surface area contributed by atoms with E-state index in [1.54, 1.807) is 11.3 Å². The average Bonchev–Trinajstić information content (AvgIpc) is 2.54. The Morgan fingerprint density at radius 3 is 2.38 bits per heavy atom. The van der Waals surface area contributed by atoms with Gasteiger partial charge in [-0.3, -0.25) is 0 Å². The summed E-state index contributed by atoms with van der Waals surface area (Å²) in [7, 11) is 0. The molecule has 0 atom stereocenters. The number of nitrogens with two attached hydrogens (primary N) is 1. The minimum atomic E-state index is 0. The third kappa shape index (κ3) is 2.77. The van der Waals surface area contributed by atoms with Gasteiger partial charge >= 0.3 is 80.5 Å². The van der Waals surface area contributed by atoms with E-state index in [-0.39, 0.29) is 24.0 Å². The second-order valence-electron chi connectivity index (χ2n) is 2.39. The van der Waals surface area contributed by atoms with E-state index in [0.29, 0.717) is 14.5 Å². The van der Waals surface area contributed by atoms with Crippen LogP contribution in [0.25, 0.3) is 10.4 Å². The van der Waals surface area contributed by atoms with E-state index in [4.69, 9.17) is 5.41 Å². The Morgan fingerprint density at radius 2 is 1.85 bits per heavy atom. The van der Waals surface area contributed by atoms with Crippen molar-refractivity contribution in [3.8, 4) is 10.4 Å². The van der Waals surface area contributed by atoms with E-state index < -0.39 is 0 Å². The number of halogens is 1. The molecule has 0 amide bonds. The molecule has 1 nitrogen and oxygen atoms in total. The van der Waals surface area contributed by atoms with Crippen LogP contribution in [0, 0.1) is 0 Å². The zero-order chi connectivity index (χ0) is 8.39. The molecule has 1 aromatic carbocycles. The van der Waals surface area contributed by atoms with Crippen molar-refractivity contribution in [1.29, 1.82) is 0 Å². The summed E-state index contributed by atoms with van der Waals surface area (Å²) in [5, 5.41) is 5.72. The Hall–Kier alpha value is 0.0995. The van der Waals surface area contributed by atoms with Crippen LogP contribution in [0.3, 0.4) is 0 Å². The van der Waals surface area contributed by atoms with Crippen molar-refractivity contribution in [3.63, 3.8) is 0 Å². The molecule has 0 saturated heterocycles. The molecule has 1 aromatic heterocycles. The van der Waals surface area contributed by atoms with Gasteiger partial charge in [0.1, 0.15) is 0 Å². The maximum absolute atomic E-state index is 5.72. The van der Waals surface area contributed by atoms with Crippen molar-refractivity contribution >= 4 is 25.8 Å². The summed E-state index contributed by atoms with van der Waals surface area (Å²) in [6.45, 7) is 0. The number of hydrogen-bond acceptors (Lipinski definition) is 1. The van der Waals surface area contributed by atoms with E-state index in [9.17, 15) is 0 Å². The van der Waals surface area contributed by atoms with Gasteiger partial charge in [0.15, 0.2) is 0 Å². The van der Waals surface area contributed by atoms with Crippen molar-refractivity contribution in [2.24, 2.45) is 0 Å². The Labute approximate surface area is 104 Å². The fourth-order valence-electron chi connectivity index (χ4n) is 0.997. The van der Waals surface area contributed by atoms with Crippen LogP contribution < -0.4 is 32.9 Å². The molecule has 1 heterocycles. The predicted molar refractivity (Wildman–Crippen MR) is 51.8 cm³/mol.